The molecule has 0 saturated heterocycles. The van der Waals surface area contributed by atoms with Crippen molar-refractivity contribution in [3.05, 3.63) is 47.0 Å². The van der Waals surface area contributed by atoms with Crippen LogP contribution >= 0.6 is 0 Å². The Balaban J connectivity index is 1.66. The topological polar surface area (TPSA) is 70.7 Å². The second kappa shape index (κ2) is 5.07. The fourth-order valence-corrected chi connectivity index (χ4v) is 2.54. The molecule has 2 N–H and O–H groups in total. The molecule has 0 bridgehead atoms. The Morgan fingerprint density at radius 1 is 1.30 bits per heavy atom. The largest absolute Gasteiger partial charge is 0.346 e. The number of nitrogens with zero attached hydrogens (tertiary/aromatic N) is 2. The summed E-state index contributed by atoms with van der Waals surface area (Å²) in [5.41, 5.74) is 2.63. The molecule has 1 aliphatic carbocycles. The number of aromatic amines is 1. The first-order valence-corrected chi connectivity index (χ1v) is 6.93. The maximum atomic E-state index is 12.1. The second-order valence-electron chi connectivity index (χ2n) is 5.55. The third kappa shape index (κ3) is 2.43. The summed E-state index contributed by atoms with van der Waals surface area (Å²) in [5.74, 6) is 1.00. The molecule has 0 fully saturated rings. The summed E-state index contributed by atoms with van der Waals surface area (Å²) in [6, 6.07) is 8.44. The number of aromatic nitrogens is 3. The van der Waals surface area contributed by atoms with E-state index in [0.717, 1.165) is 18.7 Å². The third-order valence-electron chi connectivity index (χ3n) is 3.64. The van der Waals surface area contributed by atoms with Crippen molar-refractivity contribution in [1.82, 2.24) is 20.5 Å². The number of hydrogen-bond donors (Lipinski definition) is 2. The van der Waals surface area contributed by atoms with Gasteiger partial charge in [-0.3, -0.25) is 9.89 Å². The lowest BCUT2D eigenvalue weighted by molar-refractivity contribution is 0.0928. The van der Waals surface area contributed by atoms with Gasteiger partial charge in [0.2, 0.25) is 5.82 Å². The highest BCUT2D eigenvalue weighted by Crippen LogP contribution is 2.21. The first kappa shape index (κ1) is 12.8. The smallest absolute Gasteiger partial charge is 0.291 e. The Bertz CT molecular complexity index is 607. The van der Waals surface area contributed by atoms with E-state index in [-0.39, 0.29) is 23.7 Å². The number of fused-ring (bicyclic) bond motifs is 1. The van der Waals surface area contributed by atoms with Gasteiger partial charge in [0.25, 0.3) is 5.91 Å². The molecule has 0 spiro atoms. The molecular weight excluding hydrogens is 252 g/mol. The van der Waals surface area contributed by atoms with Crippen LogP contribution in [0.1, 0.15) is 47.3 Å². The van der Waals surface area contributed by atoms with E-state index in [2.05, 4.69) is 32.6 Å². The van der Waals surface area contributed by atoms with Gasteiger partial charge in [0.1, 0.15) is 5.82 Å². The average molecular weight is 270 g/mol. The molecular formula is C15H18N4O. The van der Waals surface area contributed by atoms with Crippen molar-refractivity contribution in [2.45, 2.75) is 38.6 Å². The van der Waals surface area contributed by atoms with Gasteiger partial charge in [-0.25, -0.2) is 4.98 Å². The van der Waals surface area contributed by atoms with E-state index in [9.17, 15) is 4.79 Å². The van der Waals surface area contributed by atoms with Crippen LogP contribution in [0.5, 0.6) is 0 Å². The highest BCUT2D eigenvalue weighted by Gasteiger charge is 2.24. The molecule has 0 saturated carbocycles. The Morgan fingerprint density at radius 2 is 1.95 bits per heavy atom. The molecule has 0 aliphatic heterocycles. The van der Waals surface area contributed by atoms with Gasteiger partial charge in [-0.2, -0.15) is 0 Å². The van der Waals surface area contributed by atoms with Crippen molar-refractivity contribution in [3.8, 4) is 0 Å². The van der Waals surface area contributed by atoms with Crippen LogP contribution in [0.15, 0.2) is 24.3 Å². The zero-order chi connectivity index (χ0) is 14.1. The van der Waals surface area contributed by atoms with Crippen LogP contribution in [-0.4, -0.2) is 27.1 Å². The molecule has 3 rings (SSSR count). The molecule has 20 heavy (non-hydrogen) atoms. The van der Waals surface area contributed by atoms with Gasteiger partial charge in [-0.15, -0.1) is 5.10 Å². The molecule has 5 nitrogen and oxygen atoms in total. The molecule has 1 heterocycles. The van der Waals surface area contributed by atoms with E-state index in [1.165, 1.54) is 11.1 Å². The maximum Gasteiger partial charge on any atom is 0.291 e. The van der Waals surface area contributed by atoms with Gasteiger partial charge in [-0.1, -0.05) is 38.1 Å². The minimum atomic E-state index is -0.203. The quantitative estimate of drug-likeness (QED) is 0.893. The predicted molar refractivity (Wildman–Crippen MR) is 75.6 cm³/mol. The average Bonchev–Trinajstić information content (AvgIpc) is 3.04. The standard InChI is InChI=1S/C15H18N4O/c1-9(2)13-17-14(19-18-13)15(20)16-12-7-10-5-3-4-6-11(10)8-12/h3-6,9,12H,7-8H2,1-2H3,(H,16,20)(H,17,18,19). The lowest BCUT2D eigenvalue weighted by atomic mass is 10.1. The molecule has 1 aliphatic rings. The van der Waals surface area contributed by atoms with E-state index in [0.29, 0.717) is 0 Å². The van der Waals surface area contributed by atoms with Crippen LogP contribution in [0.2, 0.25) is 0 Å². The third-order valence-corrected chi connectivity index (χ3v) is 3.64. The molecule has 0 atom stereocenters. The molecule has 1 aromatic carbocycles. The van der Waals surface area contributed by atoms with Gasteiger partial charge in [0.15, 0.2) is 0 Å². The zero-order valence-corrected chi connectivity index (χ0v) is 11.7. The predicted octanol–water partition coefficient (Wildman–Crippen LogP) is 1.83. The summed E-state index contributed by atoms with van der Waals surface area (Å²) in [6.07, 6.45) is 1.76. The Labute approximate surface area is 117 Å². The maximum absolute atomic E-state index is 12.1. The van der Waals surface area contributed by atoms with E-state index in [1.54, 1.807) is 0 Å². The van der Waals surface area contributed by atoms with Gasteiger partial charge in [0.05, 0.1) is 0 Å². The first-order valence-electron chi connectivity index (χ1n) is 6.93. The molecule has 1 amide bonds. The summed E-state index contributed by atoms with van der Waals surface area (Å²) >= 11 is 0. The van der Waals surface area contributed by atoms with E-state index < -0.39 is 0 Å². The summed E-state index contributed by atoms with van der Waals surface area (Å²) in [5, 5.41) is 9.80. The Morgan fingerprint density at radius 3 is 2.50 bits per heavy atom. The van der Waals surface area contributed by atoms with E-state index in [1.807, 2.05) is 26.0 Å². The van der Waals surface area contributed by atoms with Gasteiger partial charge < -0.3 is 5.32 Å². The molecule has 0 unspecified atom stereocenters. The molecule has 2 aromatic rings. The highest BCUT2D eigenvalue weighted by atomic mass is 16.2. The molecule has 0 radical (unpaired) electrons. The number of nitrogens with one attached hydrogen (secondary N) is 2. The number of amides is 1. The highest BCUT2D eigenvalue weighted by molar-refractivity contribution is 5.90. The fraction of sp³-hybridized carbons (Fsp3) is 0.400. The number of benzene rings is 1. The van der Waals surface area contributed by atoms with E-state index >= 15 is 0 Å². The number of carbonyl (C=O) groups is 1. The van der Waals surface area contributed by atoms with Crippen LogP contribution < -0.4 is 5.32 Å². The zero-order valence-electron chi connectivity index (χ0n) is 11.7. The van der Waals surface area contributed by atoms with Crippen LogP contribution in [0, 0.1) is 0 Å². The first-order chi connectivity index (χ1) is 9.63. The van der Waals surface area contributed by atoms with Crippen molar-refractivity contribution >= 4 is 5.91 Å². The number of rotatable bonds is 3. The molecule has 5 heteroatoms. The van der Waals surface area contributed by atoms with Crippen molar-refractivity contribution in [1.29, 1.82) is 0 Å². The summed E-state index contributed by atoms with van der Waals surface area (Å²) in [6.45, 7) is 4.02. The minimum Gasteiger partial charge on any atom is -0.346 e. The number of H-pyrrole nitrogens is 1. The van der Waals surface area contributed by atoms with Crippen molar-refractivity contribution in [2.75, 3.05) is 0 Å². The monoisotopic (exact) mass is 270 g/mol. The summed E-state index contributed by atoms with van der Waals surface area (Å²) in [7, 11) is 0. The van der Waals surface area contributed by atoms with E-state index in [4.69, 9.17) is 0 Å². The van der Waals surface area contributed by atoms with Crippen molar-refractivity contribution < 1.29 is 4.79 Å². The van der Waals surface area contributed by atoms with Crippen molar-refractivity contribution in [2.24, 2.45) is 0 Å². The van der Waals surface area contributed by atoms with Gasteiger partial charge in [-0.05, 0) is 24.0 Å². The summed E-state index contributed by atoms with van der Waals surface area (Å²) in [4.78, 5) is 16.4. The normalized spacial score (nSPS) is 14.6. The van der Waals surface area contributed by atoms with Crippen LogP contribution in [0.3, 0.4) is 0 Å². The van der Waals surface area contributed by atoms with Gasteiger partial charge >= 0.3 is 0 Å². The van der Waals surface area contributed by atoms with Crippen LogP contribution in [0.4, 0.5) is 0 Å². The van der Waals surface area contributed by atoms with Crippen LogP contribution in [-0.2, 0) is 12.8 Å². The van der Waals surface area contributed by atoms with Gasteiger partial charge in [0, 0.05) is 12.0 Å². The SMILES string of the molecule is CC(C)c1nc(C(=O)NC2Cc3ccccc3C2)n[nH]1. The Hall–Kier alpha value is -2.17. The number of hydrogen-bond acceptors (Lipinski definition) is 3. The second-order valence-corrected chi connectivity index (χ2v) is 5.55. The van der Waals surface area contributed by atoms with Crippen LogP contribution in [0.25, 0.3) is 0 Å². The molecule has 104 valence electrons. The fourth-order valence-electron chi connectivity index (χ4n) is 2.54. The lowest BCUT2D eigenvalue weighted by Gasteiger charge is -2.09. The Kier molecular flexibility index (Phi) is 3.26. The summed E-state index contributed by atoms with van der Waals surface area (Å²) < 4.78 is 0. The molecule has 1 aromatic heterocycles. The number of carbonyl (C=O) groups excluding carboxylic acids is 1. The van der Waals surface area contributed by atoms with Crippen molar-refractivity contribution in [3.63, 3.8) is 0 Å². The minimum absolute atomic E-state index is 0.140. The lowest BCUT2D eigenvalue weighted by Crippen LogP contribution is -2.35.